The first-order valence-electron chi connectivity index (χ1n) is 12.1. The monoisotopic (exact) mass is 652 g/mol. The van der Waals surface area contributed by atoms with E-state index in [0.717, 1.165) is 0 Å². The molecule has 0 aromatic heterocycles. The molecule has 0 spiro atoms. The molecule has 0 radical (unpaired) electrons. The van der Waals surface area contributed by atoms with Gasteiger partial charge >= 0.3 is 213 Å². The average Bonchev–Trinajstić information content (AvgIpc) is 3.39. The predicted octanol–water partition coefficient (Wildman–Crippen LogP) is 2.10. The van der Waals surface area contributed by atoms with Gasteiger partial charge in [0, 0.05) is 0 Å². The van der Waals surface area contributed by atoms with E-state index in [4.69, 9.17) is 0 Å². The Kier molecular flexibility index (Phi) is 10.1. The van der Waals surface area contributed by atoms with Crippen molar-refractivity contribution in [2.75, 3.05) is 0 Å². The van der Waals surface area contributed by atoms with Crippen LogP contribution in [0.4, 0.5) is 0 Å². The number of hydrogen-bond donors (Lipinski definition) is 0. The van der Waals surface area contributed by atoms with Crippen molar-refractivity contribution in [3.05, 3.63) is 122 Å². The summed E-state index contributed by atoms with van der Waals surface area (Å²) in [7, 11) is -0.524. The van der Waals surface area contributed by atoms with Gasteiger partial charge in [0.05, 0.1) is 0 Å². The van der Waals surface area contributed by atoms with Crippen LogP contribution in [0.25, 0.3) is 6.08 Å². The maximum absolute atomic E-state index is 2.57. The standard InChI is InChI=1S/C21H16P.C10H15.2FH.Hf/c1-3-11-19(12-4-1)22(20-13-5-2-6-14-20)21-15-17-9-7-8-10-18(17)16-21;1-3-4-7-10-8-5-6-9(10)2;;;/h1-16H;6H,3-5,7H2,1-2H3;2*1H;/q;;;;+2/p-2. The van der Waals surface area contributed by atoms with Crippen molar-refractivity contribution in [3.8, 4) is 0 Å². The SMILES string of the molecule is CCCCC1=[C]([Hf+2][CH]2C(P(c3ccccc3)c3ccccc3)=Cc3ccccc32)CC=C1C.[F-].[F-]. The van der Waals surface area contributed by atoms with Gasteiger partial charge in [0.1, 0.15) is 0 Å². The molecule has 0 aliphatic heterocycles. The fourth-order valence-electron chi connectivity index (χ4n) is 5.02. The van der Waals surface area contributed by atoms with Gasteiger partial charge in [-0.1, -0.05) is 0 Å². The Labute approximate surface area is 221 Å². The Hall–Kier alpha value is -1.96. The van der Waals surface area contributed by atoms with E-state index in [9.17, 15) is 0 Å². The number of unbranched alkanes of at least 4 members (excludes halogenated alkanes) is 1. The van der Waals surface area contributed by atoms with Crippen LogP contribution in [0, 0.1) is 0 Å². The Morgan fingerprint density at radius 2 is 1.43 bits per heavy atom. The zero-order chi connectivity index (χ0) is 22.6. The van der Waals surface area contributed by atoms with Crippen molar-refractivity contribution >= 4 is 24.6 Å². The minimum Gasteiger partial charge on any atom is -1.00 e. The van der Waals surface area contributed by atoms with E-state index in [1.807, 2.05) is 3.33 Å². The topological polar surface area (TPSA) is 0 Å². The minimum absolute atomic E-state index is 0. The molecule has 0 saturated heterocycles. The summed E-state index contributed by atoms with van der Waals surface area (Å²) in [6.45, 7) is 4.67. The van der Waals surface area contributed by atoms with Crippen LogP contribution in [0.3, 0.4) is 0 Å². The normalized spacial score (nSPS) is 16.1. The van der Waals surface area contributed by atoms with Crippen LogP contribution in [0.15, 0.2) is 111 Å². The third-order valence-corrected chi connectivity index (χ3v) is 16.5. The third kappa shape index (κ3) is 5.89. The third-order valence-electron chi connectivity index (χ3n) is 6.74. The number of hydrogen-bond acceptors (Lipinski definition) is 0. The van der Waals surface area contributed by atoms with E-state index in [1.54, 1.807) is 22.0 Å². The minimum atomic E-state index is -1.13. The van der Waals surface area contributed by atoms with Crippen molar-refractivity contribution in [1.29, 1.82) is 0 Å². The fraction of sp³-hybridized carbons (Fsp3) is 0.226. The molecule has 0 heterocycles. The molecular weight excluding hydrogens is 620 g/mol. The Balaban J connectivity index is 0.00000171. The van der Waals surface area contributed by atoms with E-state index in [2.05, 4.69) is 111 Å². The molecule has 3 aromatic rings. The quantitative estimate of drug-likeness (QED) is 0.259. The Bertz CT molecular complexity index is 1180. The second-order valence-corrected chi connectivity index (χ2v) is 16.4. The molecule has 1 atom stereocenters. The average molecular weight is 651 g/mol. The summed E-state index contributed by atoms with van der Waals surface area (Å²) in [4.78, 5) is 0. The summed E-state index contributed by atoms with van der Waals surface area (Å²) in [6.07, 6.45) is 10.2. The van der Waals surface area contributed by atoms with Crippen LogP contribution >= 0.6 is 7.92 Å². The summed E-state index contributed by atoms with van der Waals surface area (Å²) in [5, 5.41) is 4.65. The summed E-state index contributed by atoms with van der Waals surface area (Å²) in [5.41, 5.74) is 6.36. The summed E-state index contributed by atoms with van der Waals surface area (Å²) < 4.78 is 2.52. The number of benzene rings is 3. The maximum atomic E-state index is 2.57. The van der Waals surface area contributed by atoms with Crippen molar-refractivity contribution < 1.29 is 32.3 Å². The molecule has 0 bridgehead atoms. The second-order valence-electron chi connectivity index (χ2n) is 8.93. The first-order valence-corrected chi connectivity index (χ1v) is 17.3. The van der Waals surface area contributed by atoms with Crippen molar-refractivity contribution in [2.45, 2.75) is 43.2 Å². The number of fused-ring (bicyclic) bond motifs is 1. The van der Waals surface area contributed by atoms with Gasteiger partial charge in [-0.3, -0.25) is 0 Å². The van der Waals surface area contributed by atoms with Crippen LogP contribution in [-0.4, -0.2) is 0 Å². The van der Waals surface area contributed by atoms with Gasteiger partial charge in [-0.15, -0.1) is 0 Å². The molecule has 2 aliphatic rings. The summed E-state index contributed by atoms with van der Waals surface area (Å²) in [5.74, 6) is 0. The molecule has 5 rings (SSSR count). The largest absolute Gasteiger partial charge is 1.00 e. The number of allylic oxidation sites excluding steroid dienone is 5. The molecule has 0 nitrogen and oxygen atoms in total. The maximum Gasteiger partial charge on any atom is -1.00 e. The molecule has 0 amide bonds. The molecule has 178 valence electrons. The fourth-order valence-corrected chi connectivity index (χ4v) is 15.6. The van der Waals surface area contributed by atoms with Crippen molar-refractivity contribution in [3.63, 3.8) is 0 Å². The van der Waals surface area contributed by atoms with Gasteiger partial charge in [-0.05, 0) is 0 Å². The zero-order valence-corrected chi connectivity index (χ0v) is 24.8. The zero-order valence-electron chi connectivity index (χ0n) is 20.3. The molecule has 35 heavy (non-hydrogen) atoms. The van der Waals surface area contributed by atoms with Gasteiger partial charge in [-0.2, -0.15) is 0 Å². The molecule has 4 heteroatoms. The molecule has 0 fully saturated rings. The van der Waals surface area contributed by atoms with E-state index in [0.29, 0.717) is 3.67 Å². The van der Waals surface area contributed by atoms with Crippen molar-refractivity contribution in [2.24, 2.45) is 0 Å². The molecule has 3 aromatic carbocycles. The van der Waals surface area contributed by atoms with E-state index in [1.165, 1.54) is 41.9 Å². The molecule has 0 N–H and O–H groups in total. The van der Waals surface area contributed by atoms with Crippen LogP contribution in [0.2, 0.25) is 0 Å². The van der Waals surface area contributed by atoms with Crippen LogP contribution in [0.5, 0.6) is 0 Å². The van der Waals surface area contributed by atoms with Crippen LogP contribution < -0.4 is 20.0 Å². The molecule has 2 aliphatic carbocycles. The number of halogens is 2. The summed E-state index contributed by atoms with van der Waals surface area (Å²) in [6, 6.07) is 31.8. The van der Waals surface area contributed by atoms with Gasteiger partial charge in [-0.25, -0.2) is 0 Å². The second kappa shape index (κ2) is 12.8. The Morgan fingerprint density at radius 3 is 2.06 bits per heavy atom. The van der Waals surface area contributed by atoms with Gasteiger partial charge in [0.25, 0.3) is 0 Å². The van der Waals surface area contributed by atoms with Gasteiger partial charge < -0.3 is 9.41 Å². The number of rotatable bonds is 8. The molecule has 1 unspecified atom stereocenters. The molecule has 0 saturated carbocycles. The first-order chi connectivity index (χ1) is 16.3. The Morgan fingerprint density at radius 1 is 0.829 bits per heavy atom. The van der Waals surface area contributed by atoms with Gasteiger partial charge in [0.2, 0.25) is 0 Å². The van der Waals surface area contributed by atoms with E-state index in [-0.39, 0.29) is 9.41 Å². The van der Waals surface area contributed by atoms with E-state index >= 15 is 0 Å². The van der Waals surface area contributed by atoms with Crippen LogP contribution in [-0.2, 0) is 22.9 Å². The van der Waals surface area contributed by atoms with Gasteiger partial charge in [0.15, 0.2) is 0 Å². The smallest absolute Gasteiger partial charge is 1.00 e. The predicted molar refractivity (Wildman–Crippen MR) is 141 cm³/mol. The molecular formula is C31H31F2HfP. The first kappa shape index (κ1) is 27.6. The van der Waals surface area contributed by atoms with E-state index < -0.39 is 30.8 Å². The van der Waals surface area contributed by atoms with Crippen LogP contribution in [0.1, 0.15) is 54.3 Å². The summed E-state index contributed by atoms with van der Waals surface area (Å²) >= 11 is -1.13. The van der Waals surface area contributed by atoms with Crippen molar-refractivity contribution in [1.82, 2.24) is 0 Å².